The second-order valence-electron chi connectivity index (χ2n) is 8.25. The fourth-order valence-electron chi connectivity index (χ4n) is 3.57. The third-order valence-electron chi connectivity index (χ3n) is 5.37. The third kappa shape index (κ3) is 7.00. The molecule has 3 amide bonds. The molecule has 1 aliphatic rings. The number of morpholine rings is 1. The second-order valence-corrected chi connectivity index (χ2v) is 10.4. The number of rotatable bonds is 10. The summed E-state index contributed by atoms with van der Waals surface area (Å²) in [5.41, 5.74) is 0.957. The summed E-state index contributed by atoms with van der Waals surface area (Å²) in [7, 11) is -3.62. The minimum Gasteiger partial charge on any atom is -0.434 e. The van der Waals surface area contributed by atoms with Gasteiger partial charge < -0.3 is 24.7 Å². The Morgan fingerprint density at radius 3 is 2.47 bits per heavy atom. The molecule has 186 valence electrons. The number of benzene rings is 1. The zero-order valence-corrected chi connectivity index (χ0v) is 20.1. The zero-order valence-electron chi connectivity index (χ0n) is 19.3. The molecule has 1 fully saturated rings. The number of para-hydroxylation sites is 2. The first-order chi connectivity index (χ1) is 16.2. The van der Waals surface area contributed by atoms with Gasteiger partial charge in [0.2, 0.25) is 11.7 Å². The molecule has 1 aromatic heterocycles. The molecule has 2 aromatic rings. The number of hydrogen-bond acceptors (Lipinski definition) is 8. The Hall–Kier alpha value is -2.99. The molecule has 1 saturated heterocycles. The van der Waals surface area contributed by atoms with Crippen LogP contribution in [0.3, 0.4) is 0 Å². The summed E-state index contributed by atoms with van der Waals surface area (Å²) in [6, 6.07) is 3.99. The lowest BCUT2D eigenvalue weighted by Gasteiger charge is -2.29. The maximum absolute atomic E-state index is 13.1. The molecule has 2 atom stereocenters. The highest BCUT2D eigenvalue weighted by Gasteiger charge is 2.32. The van der Waals surface area contributed by atoms with E-state index in [-0.39, 0.29) is 5.89 Å². The molecule has 11 nitrogen and oxygen atoms in total. The summed E-state index contributed by atoms with van der Waals surface area (Å²) in [6.45, 7) is 3.31. The van der Waals surface area contributed by atoms with Crippen molar-refractivity contribution < 1.29 is 32.0 Å². The highest BCUT2D eigenvalue weighted by molar-refractivity contribution is 7.90. The van der Waals surface area contributed by atoms with Gasteiger partial charge in [0.1, 0.15) is 21.4 Å². The first-order valence-electron chi connectivity index (χ1n) is 11.2. The summed E-state index contributed by atoms with van der Waals surface area (Å²) in [5.74, 6) is -2.03. The van der Waals surface area contributed by atoms with Gasteiger partial charge in [0.15, 0.2) is 5.58 Å². The number of amides is 3. The van der Waals surface area contributed by atoms with Crippen LogP contribution in [0, 0.1) is 0 Å². The van der Waals surface area contributed by atoms with Crippen molar-refractivity contribution in [1.82, 2.24) is 20.5 Å². The Bertz CT molecular complexity index is 1090. The van der Waals surface area contributed by atoms with E-state index in [1.165, 1.54) is 4.90 Å². The van der Waals surface area contributed by atoms with Crippen LogP contribution in [-0.4, -0.2) is 86.4 Å². The molecule has 0 bridgehead atoms. The lowest BCUT2D eigenvalue weighted by atomic mass is 10.0. The molecule has 0 unspecified atom stereocenters. The molecular weight excluding hydrogens is 464 g/mol. The SMILES string of the molecule is CCCC[C@H](NC(=O)[C@H](CS(C)(=O)=O)NC(=O)N1CCOCC1)C(=O)c1nc2ccccc2o1. The summed E-state index contributed by atoms with van der Waals surface area (Å²) in [5, 5.41) is 5.11. The topological polar surface area (TPSA) is 148 Å². The van der Waals surface area contributed by atoms with Crippen LogP contribution in [0.15, 0.2) is 28.7 Å². The summed E-state index contributed by atoms with van der Waals surface area (Å²) in [4.78, 5) is 44.5. The van der Waals surface area contributed by atoms with Crippen LogP contribution in [0.25, 0.3) is 11.1 Å². The molecule has 0 radical (unpaired) electrons. The molecule has 3 rings (SSSR count). The number of ether oxygens (including phenoxy) is 1. The number of hydrogen-bond donors (Lipinski definition) is 2. The molecule has 2 heterocycles. The zero-order chi connectivity index (χ0) is 24.7. The Kier molecular flexibility index (Phi) is 8.61. The van der Waals surface area contributed by atoms with Gasteiger partial charge >= 0.3 is 6.03 Å². The van der Waals surface area contributed by atoms with Gasteiger partial charge in [-0.3, -0.25) is 9.59 Å². The van der Waals surface area contributed by atoms with E-state index in [4.69, 9.17) is 9.15 Å². The van der Waals surface area contributed by atoms with E-state index in [0.717, 1.165) is 12.7 Å². The molecule has 2 N–H and O–H groups in total. The van der Waals surface area contributed by atoms with Crippen LogP contribution in [0.2, 0.25) is 0 Å². The summed E-state index contributed by atoms with van der Waals surface area (Å²) >= 11 is 0. The van der Waals surface area contributed by atoms with Crippen molar-refractivity contribution in [1.29, 1.82) is 0 Å². The largest absolute Gasteiger partial charge is 0.434 e. The lowest BCUT2D eigenvalue weighted by Crippen LogP contribution is -2.57. The monoisotopic (exact) mass is 494 g/mol. The van der Waals surface area contributed by atoms with E-state index < -0.39 is 45.4 Å². The number of carbonyl (C=O) groups excluding carboxylic acids is 3. The molecule has 1 aliphatic heterocycles. The fraction of sp³-hybridized carbons (Fsp3) is 0.545. The van der Waals surface area contributed by atoms with E-state index >= 15 is 0 Å². The van der Waals surface area contributed by atoms with Crippen LogP contribution in [0.4, 0.5) is 4.79 Å². The number of nitrogens with one attached hydrogen (secondary N) is 2. The summed E-state index contributed by atoms with van der Waals surface area (Å²) in [6.07, 6.45) is 2.69. The predicted molar refractivity (Wildman–Crippen MR) is 124 cm³/mol. The van der Waals surface area contributed by atoms with Crippen molar-refractivity contribution in [3.8, 4) is 0 Å². The normalized spacial score (nSPS) is 16.1. The van der Waals surface area contributed by atoms with Gasteiger partial charge in [-0.2, -0.15) is 0 Å². The number of urea groups is 1. The Labute approximate surface area is 198 Å². The Morgan fingerprint density at radius 2 is 1.82 bits per heavy atom. The van der Waals surface area contributed by atoms with E-state index in [1.54, 1.807) is 24.3 Å². The van der Waals surface area contributed by atoms with Crippen LogP contribution >= 0.6 is 0 Å². The number of ketones is 1. The number of fused-ring (bicyclic) bond motifs is 1. The van der Waals surface area contributed by atoms with E-state index in [1.807, 2.05) is 6.92 Å². The minimum absolute atomic E-state index is 0.139. The average molecular weight is 495 g/mol. The van der Waals surface area contributed by atoms with Crippen LogP contribution in [-0.2, 0) is 19.4 Å². The second kappa shape index (κ2) is 11.4. The van der Waals surface area contributed by atoms with Gasteiger partial charge in [-0.25, -0.2) is 18.2 Å². The highest BCUT2D eigenvalue weighted by Crippen LogP contribution is 2.17. The molecule has 34 heavy (non-hydrogen) atoms. The van der Waals surface area contributed by atoms with Crippen molar-refractivity contribution in [2.75, 3.05) is 38.3 Å². The summed E-state index contributed by atoms with van der Waals surface area (Å²) < 4.78 is 34.7. The van der Waals surface area contributed by atoms with Gasteiger partial charge in [-0.05, 0) is 18.6 Å². The Morgan fingerprint density at radius 1 is 1.12 bits per heavy atom. The van der Waals surface area contributed by atoms with E-state index in [0.29, 0.717) is 50.2 Å². The van der Waals surface area contributed by atoms with E-state index in [9.17, 15) is 22.8 Å². The van der Waals surface area contributed by atoms with Gasteiger partial charge in [0.05, 0.1) is 25.0 Å². The van der Waals surface area contributed by atoms with Crippen LogP contribution in [0.5, 0.6) is 0 Å². The minimum atomic E-state index is -3.62. The molecule has 1 aromatic carbocycles. The predicted octanol–water partition coefficient (Wildman–Crippen LogP) is 1.14. The third-order valence-corrected chi connectivity index (χ3v) is 6.30. The van der Waals surface area contributed by atoms with Crippen molar-refractivity contribution in [3.63, 3.8) is 0 Å². The molecule has 12 heteroatoms. The first-order valence-corrected chi connectivity index (χ1v) is 13.2. The number of oxazole rings is 1. The maximum atomic E-state index is 13.1. The van der Waals surface area contributed by atoms with Gasteiger partial charge in [-0.15, -0.1) is 0 Å². The number of Topliss-reactive ketones (excluding diaryl/α,β-unsaturated/α-hetero) is 1. The maximum Gasteiger partial charge on any atom is 0.318 e. The number of aromatic nitrogens is 1. The van der Waals surface area contributed by atoms with Crippen molar-refractivity contribution in [3.05, 3.63) is 30.2 Å². The van der Waals surface area contributed by atoms with Crippen molar-refractivity contribution >= 4 is 38.7 Å². The van der Waals surface area contributed by atoms with Crippen molar-refractivity contribution in [2.45, 2.75) is 38.3 Å². The van der Waals surface area contributed by atoms with Crippen molar-refractivity contribution in [2.24, 2.45) is 0 Å². The molecular formula is C22H30N4O7S. The van der Waals surface area contributed by atoms with Crippen LogP contribution in [0.1, 0.15) is 36.9 Å². The fourth-order valence-corrected chi connectivity index (χ4v) is 4.41. The number of unbranched alkanes of at least 4 members (excludes halogenated alkanes) is 1. The standard InChI is InChI=1S/C22H30N4O7S/c1-3-4-7-16(19(27)21-24-15-8-5-6-9-18(15)33-21)23-20(28)17(14-34(2,30)31)25-22(29)26-10-12-32-13-11-26/h5-6,8-9,16-17H,3-4,7,10-14H2,1-2H3,(H,23,28)(H,25,29)/t16-,17-/m0/s1. The smallest absolute Gasteiger partial charge is 0.318 e. The number of nitrogens with zero attached hydrogens (tertiary/aromatic N) is 2. The van der Waals surface area contributed by atoms with Crippen LogP contribution < -0.4 is 10.6 Å². The van der Waals surface area contributed by atoms with Gasteiger partial charge in [-0.1, -0.05) is 31.9 Å². The van der Waals surface area contributed by atoms with E-state index in [2.05, 4.69) is 15.6 Å². The lowest BCUT2D eigenvalue weighted by molar-refractivity contribution is -0.123. The number of carbonyl (C=O) groups is 3. The van der Waals surface area contributed by atoms with Gasteiger partial charge in [0.25, 0.3) is 5.89 Å². The highest BCUT2D eigenvalue weighted by atomic mass is 32.2. The molecule has 0 spiro atoms. The molecule has 0 aliphatic carbocycles. The number of sulfone groups is 1. The van der Waals surface area contributed by atoms with Gasteiger partial charge in [0, 0.05) is 19.3 Å². The quantitative estimate of drug-likeness (QED) is 0.467. The molecule has 0 saturated carbocycles. The first kappa shape index (κ1) is 25.6. The average Bonchev–Trinajstić information content (AvgIpc) is 3.24. The Balaban J connectivity index is 1.77.